The Balaban J connectivity index is 2.58. The number of nitrogens with zero attached hydrogens (tertiary/aromatic N) is 1. The molecule has 0 spiro atoms. The average Bonchev–Trinajstić information content (AvgIpc) is 2.33. The molecule has 4 heteroatoms. The molecule has 0 bridgehead atoms. The summed E-state index contributed by atoms with van der Waals surface area (Å²) in [5.74, 6) is -0.296. The van der Waals surface area contributed by atoms with Gasteiger partial charge in [-0.05, 0) is 12.8 Å². The summed E-state index contributed by atoms with van der Waals surface area (Å²) in [4.78, 5) is 12.4. The van der Waals surface area contributed by atoms with Gasteiger partial charge in [-0.2, -0.15) is 0 Å². The molecule has 1 fully saturated rings. The molecule has 10 heavy (non-hydrogen) atoms. The summed E-state index contributed by atoms with van der Waals surface area (Å²) >= 11 is 4.58. The topological polar surface area (TPSA) is 46.3 Å². The van der Waals surface area contributed by atoms with E-state index in [4.69, 9.17) is 5.73 Å². The lowest BCUT2D eigenvalue weighted by Crippen LogP contribution is -2.38. The van der Waals surface area contributed by atoms with Crippen LogP contribution in [0.2, 0.25) is 0 Å². The molecule has 2 N–H and O–H groups in total. The minimum absolute atomic E-state index is 0.197. The number of thiocarbonyl (C=S) groups is 1. The van der Waals surface area contributed by atoms with Gasteiger partial charge in [-0.1, -0.05) is 12.2 Å². The standard InChI is InChI=1S/C6H9N2OS/c7-6(9)5-2-1-3-8(5)4-10/h5H,1-3H2,(H2,7,9). The van der Waals surface area contributed by atoms with E-state index in [0.29, 0.717) is 0 Å². The largest absolute Gasteiger partial charge is 0.368 e. The van der Waals surface area contributed by atoms with Crippen LogP contribution in [-0.2, 0) is 4.79 Å². The number of nitrogens with two attached hydrogens (primary N) is 1. The summed E-state index contributed by atoms with van der Waals surface area (Å²) in [5.41, 5.74) is 7.61. The highest BCUT2D eigenvalue weighted by atomic mass is 32.1. The van der Waals surface area contributed by atoms with Crippen LogP contribution in [0.15, 0.2) is 0 Å². The quantitative estimate of drug-likeness (QED) is 0.563. The van der Waals surface area contributed by atoms with E-state index < -0.39 is 0 Å². The zero-order chi connectivity index (χ0) is 7.56. The zero-order valence-electron chi connectivity index (χ0n) is 5.54. The van der Waals surface area contributed by atoms with Crippen molar-refractivity contribution in [3.63, 3.8) is 0 Å². The lowest BCUT2D eigenvalue weighted by Gasteiger charge is -2.16. The van der Waals surface area contributed by atoms with Gasteiger partial charge in [0, 0.05) is 6.54 Å². The number of carbonyl (C=O) groups excluding carboxylic acids is 1. The molecular formula is C6H9N2OS. The molecule has 55 valence electrons. The molecule has 0 saturated carbocycles. The van der Waals surface area contributed by atoms with Gasteiger partial charge in [-0.25, -0.2) is 0 Å². The first-order valence-corrected chi connectivity index (χ1v) is 3.60. The summed E-state index contributed by atoms with van der Waals surface area (Å²) in [7, 11) is 0. The van der Waals surface area contributed by atoms with Gasteiger partial charge in [0.25, 0.3) is 0 Å². The molecule has 1 radical (unpaired) electrons. The van der Waals surface area contributed by atoms with Crippen LogP contribution in [0.25, 0.3) is 0 Å². The average molecular weight is 157 g/mol. The summed E-state index contributed by atoms with van der Waals surface area (Å²) in [6.45, 7) is 0.817. The number of carbonyl (C=O) groups is 1. The summed E-state index contributed by atoms with van der Waals surface area (Å²) in [6.07, 6.45) is 1.80. The van der Waals surface area contributed by atoms with Gasteiger partial charge < -0.3 is 10.6 Å². The monoisotopic (exact) mass is 157 g/mol. The number of likely N-dealkylation sites (tertiary alicyclic amines) is 1. The van der Waals surface area contributed by atoms with Gasteiger partial charge in [0.1, 0.15) is 11.5 Å². The molecule has 0 aliphatic carbocycles. The first kappa shape index (κ1) is 7.47. The predicted molar refractivity (Wildman–Crippen MR) is 41.5 cm³/mol. The Morgan fingerprint density at radius 1 is 1.80 bits per heavy atom. The smallest absolute Gasteiger partial charge is 0.240 e. The number of primary amides is 1. The van der Waals surface area contributed by atoms with Crippen molar-refractivity contribution in [2.75, 3.05) is 6.54 Å². The molecule has 1 rings (SSSR count). The summed E-state index contributed by atoms with van der Waals surface area (Å²) in [6, 6.07) is -0.197. The second kappa shape index (κ2) is 2.96. The van der Waals surface area contributed by atoms with Crippen LogP contribution in [0.5, 0.6) is 0 Å². The molecule has 1 heterocycles. The van der Waals surface area contributed by atoms with Crippen LogP contribution in [0, 0.1) is 0 Å². The van der Waals surface area contributed by atoms with E-state index in [1.54, 1.807) is 4.90 Å². The molecule has 1 aliphatic rings. The molecule has 0 aromatic rings. The summed E-state index contributed by atoms with van der Waals surface area (Å²) < 4.78 is 0. The van der Waals surface area contributed by atoms with Crippen molar-refractivity contribution in [2.24, 2.45) is 5.73 Å². The first-order valence-electron chi connectivity index (χ1n) is 3.19. The predicted octanol–water partition coefficient (Wildman–Crippen LogP) is -0.230. The molecule has 1 unspecified atom stereocenters. The van der Waals surface area contributed by atoms with Gasteiger partial charge in [0.05, 0.1) is 0 Å². The van der Waals surface area contributed by atoms with Crippen molar-refractivity contribution < 1.29 is 4.79 Å². The molecule has 0 aromatic heterocycles. The number of hydrogen-bond donors (Lipinski definition) is 1. The second-order valence-corrected chi connectivity index (χ2v) is 2.53. The zero-order valence-corrected chi connectivity index (χ0v) is 6.36. The van der Waals surface area contributed by atoms with Crippen LogP contribution < -0.4 is 5.73 Å². The molecule has 1 amide bonds. The fourth-order valence-corrected chi connectivity index (χ4v) is 1.39. The maximum atomic E-state index is 10.7. The van der Waals surface area contributed by atoms with E-state index >= 15 is 0 Å². The molecule has 1 atom stereocenters. The Kier molecular flexibility index (Phi) is 2.21. The fourth-order valence-electron chi connectivity index (χ4n) is 1.17. The van der Waals surface area contributed by atoms with Gasteiger partial charge in [0.15, 0.2) is 0 Å². The molecule has 0 aromatic carbocycles. The highest BCUT2D eigenvalue weighted by Gasteiger charge is 2.26. The van der Waals surface area contributed by atoms with Crippen LogP contribution in [-0.4, -0.2) is 28.9 Å². The third kappa shape index (κ3) is 1.26. The van der Waals surface area contributed by atoms with Crippen molar-refractivity contribution in [2.45, 2.75) is 18.9 Å². The molecular weight excluding hydrogens is 148 g/mol. The molecule has 3 nitrogen and oxygen atoms in total. The van der Waals surface area contributed by atoms with Crippen LogP contribution in [0.1, 0.15) is 12.8 Å². The Hall–Kier alpha value is -0.640. The lowest BCUT2D eigenvalue weighted by atomic mass is 10.2. The lowest BCUT2D eigenvalue weighted by molar-refractivity contribution is -0.121. The maximum absolute atomic E-state index is 10.7. The fraction of sp³-hybridized carbons (Fsp3) is 0.667. The van der Waals surface area contributed by atoms with Crippen molar-refractivity contribution in [1.29, 1.82) is 0 Å². The Bertz CT molecular complexity index is 160. The number of rotatable bonds is 2. The minimum Gasteiger partial charge on any atom is -0.368 e. The summed E-state index contributed by atoms with van der Waals surface area (Å²) in [5, 5.41) is 0. The maximum Gasteiger partial charge on any atom is 0.240 e. The number of hydrogen-bond acceptors (Lipinski definition) is 2. The molecule has 1 saturated heterocycles. The Labute approximate surface area is 65.2 Å². The Morgan fingerprint density at radius 2 is 2.50 bits per heavy atom. The third-order valence-electron chi connectivity index (χ3n) is 1.70. The van der Waals surface area contributed by atoms with E-state index in [-0.39, 0.29) is 11.9 Å². The van der Waals surface area contributed by atoms with Gasteiger partial charge >= 0.3 is 0 Å². The highest BCUT2D eigenvalue weighted by molar-refractivity contribution is 7.78. The second-order valence-electron chi connectivity index (χ2n) is 2.35. The minimum atomic E-state index is -0.296. The van der Waals surface area contributed by atoms with Crippen LogP contribution >= 0.6 is 12.2 Å². The SMILES string of the molecule is NC(=O)C1CCCN1[C]=S. The van der Waals surface area contributed by atoms with Crippen molar-refractivity contribution in [3.8, 4) is 0 Å². The Morgan fingerprint density at radius 3 is 2.90 bits per heavy atom. The normalized spacial score (nSPS) is 24.8. The van der Waals surface area contributed by atoms with E-state index in [0.717, 1.165) is 19.4 Å². The van der Waals surface area contributed by atoms with Crippen molar-refractivity contribution >= 4 is 23.6 Å². The number of amides is 1. The third-order valence-corrected chi connectivity index (χ3v) is 1.93. The van der Waals surface area contributed by atoms with Crippen LogP contribution in [0.3, 0.4) is 0 Å². The van der Waals surface area contributed by atoms with E-state index in [1.807, 2.05) is 0 Å². The first-order chi connectivity index (χ1) is 4.75. The van der Waals surface area contributed by atoms with Crippen molar-refractivity contribution in [3.05, 3.63) is 0 Å². The highest BCUT2D eigenvalue weighted by Crippen LogP contribution is 2.14. The van der Waals surface area contributed by atoms with Crippen LogP contribution in [0.4, 0.5) is 0 Å². The van der Waals surface area contributed by atoms with E-state index in [9.17, 15) is 4.79 Å². The molecule has 1 aliphatic heterocycles. The van der Waals surface area contributed by atoms with Gasteiger partial charge in [0.2, 0.25) is 5.91 Å². The van der Waals surface area contributed by atoms with Gasteiger partial charge in [-0.15, -0.1) is 0 Å². The van der Waals surface area contributed by atoms with E-state index in [2.05, 4.69) is 17.7 Å². The van der Waals surface area contributed by atoms with Crippen molar-refractivity contribution in [1.82, 2.24) is 4.90 Å². The van der Waals surface area contributed by atoms with E-state index in [1.165, 1.54) is 0 Å². The van der Waals surface area contributed by atoms with Gasteiger partial charge in [-0.3, -0.25) is 4.79 Å².